The van der Waals surface area contributed by atoms with E-state index in [1.165, 1.54) is 0 Å². The van der Waals surface area contributed by atoms with Crippen LogP contribution >= 0.6 is 0 Å². The molecule has 0 aliphatic carbocycles. The first kappa shape index (κ1) is 21.0. The molecule has 160 valence electrons. The van der Waals surface area contributed by atoms with Gasteiger partial charge in [0.2, 0.25) is 0 Å². The number of nitrogens with zero attached hydrogens (tertiary/aromatic N) is 2. The summed E-state index contributed by atoms with van der Waals surface area (Å²) >= 11 is 0. The van der Waals surface area contributed by atoms with Gasteiger partial charge in [0, 0.05) is 50.1 Å². The van der Waals surface area contributed by atoms with E-state index in [0.717, 1.165) is 36.5 Å². The van der Waals surface area contributed by atoms with E-state index in [0.29, 0.717) is 31.1 Å². The van der Waals surface area contributed by atoms with Crippen LogP contribution in [0.3, 0.4) is 0 Å². The van der Waals surface area contributed by atoms with E-state index in [1.807, 2.05) is 60.7 Å². The van der Waals surface area contributed by atoms with Crippen LogP contribution in [0.4, 0.5) is 5.82 Å². The molecule has 0 radical (unpaired) electrons. The largest absolute Gasteiger partial charge is 0.374 e. The molecule has 3 aromatic rings. The molecule has 3 N–H and O–H groups in total. The van der Waals surface area contributed by atoms with Crippen molar-refractivity contribution in [1.82, 2.24) is 20.6 Å². The second kappa shape index (κ2) is 10.7. The summed E-state index contributed by atoms with van der Waals surface area (Å²) < 4.78 is 5.67. The Hall–Kier alpha value is -3.29. The number of aromatic nitrogens is 2. The average Bonchev–Trinajstić information content (AvgIpc) is 2.84. The van der Waals surface area contributed by atoms with Gasteiger partial charge in [-0.2, -0.15) is 0 Å². The highest BCUT2D eigenvalue weighted by atomic mass is 16.5. The van der Waals surface area contributed by atoms with Crippen LogP contribution in [0.5, 0.6) is 0 Å². The fourth-order valence-corrected chi connectivity index (χ4v) is 3.45. The molecule has 1 amide bonds. The molecule has 0 saturated carbocycles. The number of hydrogen-bond donors (Lipinski definition) is 3. The van der Waals surface area contributed by atoms with Gasteiger partial charge in [-0.05, 0) is 24.3 Å². The zero-order valence-corrected chi connectivity index (χ0v) is 17.4. The maximum atomic E-state index is 12.9. The molecule has 0 spiro atoms. The third kappa shape index (κ3) is 5.87. The number of rotatable bonds is 8. The number of anilines is 1. The van der Waals surface area contributed by atoms with Gasteiger partial charge in [0.25, 0.3) is 5.91 Å². The Kier molecular flexibility index (Phi) is 7.20. The summed E-state index contributed by atoms with van der Waals surface area (Å²) in [5.74, 6) is 0.402. The molecular formula is C24H27N5O2. The van der Waals surface area contributed by atoms with Crippen LogP contribution in [0.15, 0.2) is 66.9 Å². The number of benzene rings is 1. The van der Waals surface area contributed by atoms with E-state index in [2.05, 4.69) is 20.9 Å². The summed E-state index contributed by atoms with van der Waals surface area (Å²) in [6.07, 6.45) is 2.50. The van der Waals surface area contributed by atoms with E-state index in [4.69, 9.17) is 9.72 Å². The van der Waals surface area contributed by atoms with Crippen molar-refractivity contribution in [3.63, 3.8) is 0 Å². The second-order valence-corrected chi connectivity index (χ2v) is 7.36. The third-order valence-electron chi connectivity index (χ3n) is 5.10. The highest BCUT2D eigenvalue weighted by Gasteiger charge is 2.18. The topological polar surface area (TPSA) is 88.2 Å². The van der Waals surface area contributed by atoms with Crippen LogP contribution in [-0.4, -0.2) is 54.8 Å². The fourth-order valence-electron chi connectivity index (χ4n) is 3.45. The monoisotopic (exact) mass is 417 g/mol. The maximum Gasteiger partial charge on any atom is 0.255 e. The van der Waals surface area contributed by atoms with Crippen molar-refractivity contribution in [2.45, 2.75) is 12.5 Å². The number of amides is 1. The Morgan fingerprint density at radius 2 is 1.97 bits per heavy atom. The lowest BCUT2D eigenvalue weighted by Gasteiger charge is -2.24. The van der Waals surface area contributed by atoms with Crippen LogP contribution < -0.4 is 16.0 Å². The molecule has 0 bridgehead atoms. The number of morpholine rings is 1. The summed E-state index contributed by atoms with van der Waals surface area (Å²) in [5.41, 5.74) is 3.33. The van der Waals surface area contributed by atoms with Gasteiger partial charge >= 0.3 is 0 Å². The molecule has 1 aromatic carbocycles. The van der Waals surface area contributed by atoms with Gasteiger partial charge < -0.3 is 20.7 Å². The van der Waals surface area contributed by atoms with Gasteiger partial charge in [-0.3, -0.25) is 9.78 Å². The fraction of sp³-hybridized carbons (Fsp3) is 0.292. The Bertz CT molecular complexity index is 976. The number of carbonyl (C=O) groups is 1. The van der Waals surface area contributed by atoms with Gasteiger partial charge in [0.15, 0.2) is 0 Å². The van der Waals surface area contributed by atoms with Crippen molar-refractivity contribution in [3.8, 4) is 11.3 Å². The zero-order valence-electron chi connectivity index (χ0n) is 17.4. The van der Waals surface area contributed by atoms with Crippen LogP contribution in [0.2, 0.25) is 0 Å². The number of pyridine rings is 2. The number of carbonyl (C=O) groups excluding carboxylic acids is 1. The summed E-state index contributed by atoms with van der Waals surface area (Å²) in [6.45, 7) is 3.33. The van der Waals surface area contributed by atoms with Gasteiger partial charge in [-0.1, -0.05) is 36.4 Å². The highest BCUT2D eigenvalue weighted by Crippen LogP contribution is 2.22. The Labute approximate surface area is 182 Å². The molecule has 1 fully saturated rings. The van der Waals surface area contributed by atoms with E-state index in [1.54, 1.807) is 6.20 Å². The molecule has 1 saturated heterocycles. The predicted octanol–water partition coefficient (Wildman–Crippen LogP) is 2.52. The molecule has 7 nitrogen and oxygen atoms in total. The highest BCUT2D eigenvalue weighted by molar-refractivity contribution is 5.99. The maximum absolute atomic E-state index is 12.9. The van der Waals surface area contributed by atoms with Crippen molar-refractivity contribution in [2.75, 3.05) is 38.1 Å². The molecule has 4 rings (SSSR count). The smallest absolute Gasteiger partial charge is 0.255 e. The van der Waals surface area contributed by atoms with Crippen LogP contribution in [-0.2, 0) is 11.2 Å². The van der Waals surface area contributed by atoms with Crippen LogP contribution in [0.1, 0.15) is 16.1 Å². The van der Waals surface area contributed by atoms with Crippen molar-refractivity contribution in [2.24, 2.45) is 0 Å². The van der Waals surface area contributed by atoms with Crippen LogP contribution in [0.25, 0.3) is 11.3 Å². The lowest BCUT2D eigenvalue weighted by molar-refractivity contribution is 0.0287. The predicted molar refractivity (Wildman–Crippen MR) is 121 cm³/mol. The van der Waals surface area contributed by atoms with E-state index < -0.39 is 0 Å². The molecule has 2 aromatic heterocycles. The average molecular weight is 418 g/mol. The van der Waals surface area contributed by atoms with Gasteiger partial charge in [-0.15, -0.1) is 0 Å². The lowest BCUT2D eigenvalue weighted by Crippen LogP contribution is -2.45. The minimum atomic E-state index is -0.165. The van der Waals surface area contributed by atoms with E-state index in [-0.39, 0.29) is 12.0 Å². The SMILES string of the molecule is O=C(NCC1CNCCO1)c1ccc(-c2ccccc2)nc1NCCc1ccccn1. The first-order valence-electron chi connectivity index (χ1n) is 10.6. The van der Waals surface area contributed by atoms with Crippen LogP contribution in [0, 0.1) is 0 Å². The molecule has 1 unspecified atom stereocenters. The number of nitrogens with one attached hydrogen (secondary N) is 3. The summed E-state index contributed by atoms with van der Waals surface area (Å²) in [6, 6.07) is 19.5. The first-order valence-corrected chi connectivity index (χ1v) is 10.6. The molecule has 1 aliphatic rings. The molecule has 1 atom stereocenters. The van der Waals surface area contributed by atoms with Gasteiger partial charge in [0.1, 0.15) is 5.82 Å². The van der Waals surface area contributed by atoms with Gasteiger partial charge in [-0.25, -0.2) is 4.98 Å². The Balaban J connectivity index is 1.48. The van der Waals surface area contributed by atoms with Gasteiger partial charge in [0.05, 0.1) is 24.0 Å². The normalized spacial score (nSPS) is 15.9. The minimum absolute atomic E-state index is 0.0187. The van der Waals surface area contributed by atoms with Crippen molar-refractivity contribution >= 4 is 11.7 Å². The molecule has 1 aliphatic heterocycles. The summed E-state index contributed by atoms with van der Waals surface area (Å²) in [7, 11) is 0. The molecular weight excluding hydrogens is 390 g/mol. The summed E-state index contributed by atoms with van der Waals surface area (Å²) in [5, 5.41) is 9.59. The van der Waals surface area contributed by atoms with Crippen molar-refractivity contribution < 1.29 is 9.53 Å². The molecule has 31 heavy (non-hydrogen) atoms. The lowest BCUT2D eigenvalue weighted by atomic mass is 10.1. The molecule has 3 heterocycles. The van der Waals surface area contributed by atoms with Crippen molar-refractivity contribution in [1.29, 1.82) is 0 Å². The Morgan fingerprint density at radius 1 is 1.10 bits per heavy atom. The molecule has 7 heteroatoms. The zero-order chi connectivity index (χ0) is 21.3. The number of hydrogen-bond acceptors (Lipinski definition) is 6. The quantitative estimate of drug-likeness (QED) is 0.522. The second-order valence-electron chi connectivity index (χ2n) is 7.36. The first-order chi connectivity index (χ1) is 15.3. The summed E-state index contributed by atoms with van der Waals surface area (Å²) in [4.78, 5) is 22.0. The number of ether oxygens (including phenoxy) is 1. The van der Waals surface area contributed by atoms with E-state index >= 15 is 0 Å². The van der Waals surface area contributed by atoms with E-state index in [9.17, 15) is 4.79 Å². The third-order valence-corrected chi connectivity index (χ3v) is 5.10. The van der Waals surface area contributed by atoms with Crippen molar-refractivity contribution in [3.05, 3.63) is 78.1 Å². The minimum Gasteiger partial charge on any atom is -0.374 e. The standard InChI is InChI=1S/C24H27N5O2/c30-24(28-17-20-16-25-14-15-31-20)21-9-10-22(18-6-2-1-3-7-18)29-23(21)27-13-11-19-8-4-5-12-26-19/h1-10,12,20,25H,11,13-17H2,(H,27,29)(H,28,30). The Morgan fingerprint density at radius 3 is 2.74 bits per heavy atom.